The number of benzene rings is 2. The van der Waals surface area contributed by atoms with Gasteiger partial charge >= 0.3 is 0 Å². The average Bonchev–Trinajstić information content (AvgIpc) is 3.00. The summed E-state index contributed by atoms with van der Waals surface area (Å²) in [6.45, 7) is 1.80. The third-order valence-electron chi connectivity index (χ3n) is 5.91. The third-order valence-corrected chi connectivity index (χ3v) is 7.27. The van der Waals surface area contributed by atoms with Crippen LogP contribution >= 0.6 is 0 Å². The van der Waals surface area contributed by atoms with Crippen LogP contribution in [0.5, 0.6) is 11.5 Å². The maximum Gasteiger partial charge on any atom is 0.262 e. The Hall–Kier alpha value is -2.25. The predicted molar refractivity (Wildman–Crippen MR) is 118 cm³/mol. The van der Waals surface area contributed by atoms with E-state index in [0.717, 1.165) is 12.0 Å². The number of hydrogen-bond acceptors (Lipinski definition) is 5. The molecule has 4 rings (SSSR count). The van der Waals surface area contributed by atoms with Crippen molar-refractivity contribution in [3.63, 3.8) is 0 Å². The normalized spacial score (nSPS) is 17.5. The van der Waals surface area contributed by atoms with Crippen molar-refractivity contribution in [1.82, 2.24) is 4.90 Å². The van der Waals surface area contributed by atoms with Gasteiger partial charge in [0.1, 0.15) is 0 Å². The van der Waals surface area contributed by atoms with Crippen molar-refractivity contribution in [3.05, 3.63) is 48.0 Å². The highest BCUT2D eigenvalue weighted by atomic mass is 32.2. The van der Waals surface area contributed by atoms with Crippen LogP contribution in [0.2, 0.25) is 0 Å². The summed E-state index contributed by atoms with van der Waals surface area (Å²) in [5.74, 6) is 1.06. The van der Waals surface area contributed by atoms with Crippen LogP contribution in [-0.4, -0.2) is 39.6 Å². The molecule has 1 aliphatic heterocycles. The first kappa shape index (κ1) is 21.0. The Labute approximate surface area is 179 Å². The van der Waals surface area contributed by atoms with Gasteiger partial charge in [-0.05, 0) is 43.7 Å². The molecule has 0 amide bonds. The fourth-order valence-electron chi connectivity index (χ4n) is 4.19. The fraction of sp³-hybridized carbons (Fsp3) is 0.478. The molecule has 162 valence electrons. The third kappa shape index (κ3) is 4.90. The van der Waals surface area contributed by atoms with Crippen molar-refractivity contribution in [2.75, 3.05) is 25.0 Å². The quantitative estimate of drug-likeness (QED) is 0.735. The first-order chi connectivity index (χ1) is 14.5. The van der Waals surface area contributed by atoms with Gasteiger partial charge in [0.25, 0.3) is 10.0 Å². The standard InChI is InChI=1S/C23H30N2O4S/c1-25(19-9-3-2-4-10-19)17-18-8-5-6-11-21(18)24-30(26,27)20-12-13-22-23(16-20)29-15-7-14-28-22/h5-6,8,11-13,16,19,24H,2-4,7,9-10,14-15,17H2,1H3. The lowest BCUT2D eigenvalue weighted by Gasteiger charge is -2.31. The molecule has 0 bridgehead atoms. The van der Waals surface area contributed by atoms with E-state index < -0.39 is 10.0 Å². The highest BCUT2D eigenvalue weighted by Crippen LogP contribution is 2.33. The molecule has 0 radical (unpaired) electrons. The Bertz CT molecular complexity index is 971. The highest BCUT2D eigenvalue weighted by molar-refractivity contribution is 7.92. The molecule has 2 aromatic carbocycles. The van der Waals surface area contributed by atoms with Crippen LogP contribution in [0, 0.1) is 0 Å². The van der Waals surface area contributed by atoms with Gasteiger partial charge in [-0.1, -0.05) is 37.5 Å². The number of nitrogens with zero attached hydrogens (tertiary/aromatic N) is 1. The zero-order valence-electron chi connectivity index (χ0n) is 17.5. The second kappa shape index (κ2) is 9.27. The summed E-state index contributed by atoms with van der Waals surface area (Å²) in [7, 11) is -1.62. The summed E-state index contributed by atoms with van der Waals surface area (Å²) in [6, 6.07) is 13.0. The van der Waals surface area contributed by atoms with Crippen LogP contribution in [0.25, 0.3) is 0 Å². The summed E-state index contributed by atoms with van der Waals surface area (Å²) >= 11 is 0. The Balaban J connectivity index is 1.53. The van der Waals surface area contributed by atoms with Crippen molar-refractivity contribution in [2.45, 2.75) is 56.0 Å². The first-order valence-corrected chi connectivity index (χ1v) is 12.2. The number of fused-ring (bicyclic) bond motifs is 1. The second-order valence-corrected chi connectivity index (χ2v) is 9.81. The van der Waals surface area contributed by atoms with Crippen LogP contribution in [0.1, 0.15) is 44.1 Å². The number of hydrogen-bond donors (Lipinski definition) is 1. The molecule has 0 unspecified atom stereocenters. The SMILES string of the molecule is CN(Cc1ccccc1NS(=O)(=O)c1ccc2c(c1)OCCCO2)C1CCCCC1. The van der Waals surface area contributed by atoms with E-state index in [2.05, 4.69) is 16.7 Å². The Morgan fingerprint density at radius 1 is 0.967 bits per heavy atom. The Kier molecular flexibility index (Phi) is 6.49. The van der Waals surface area contributed by atoms with Gasteiger partial charge in [-0.3, -0.25) is 9.62 Å². The molecule has 6 nitrogen and oxygen atoms in total. The molecule has 1 saturated carbocycles. The van der Waals surface area contributed by atoms with Crippen molar-refractivity contribution in [2.24, 2.45) is 0 Å². The van der Waals surface area contributed by atoms with Gasteiger partial charge in [0.05, 0.1) is 23.8 Å². The Morgan fingerprint density at radius 2 is 1.70 bits per heavy atom. The topological polar surface area (TPSA) is 67.9 Å². The molecule has 1 heterocycles. The van der Waals surface area contributed by atoms with Crippen molar-refractivity contribution >= 4 is 15.7 Å². The van der Waals surface area contributed by atoms with Gasteiger partial charge in [0, 0.05) is 25.1 Å². The minimum absolute atomic E-state index is 0.169. The van der Waals surface area contributed by atoms with E-state index >= 15 is 0 Å². The summed E-state index contributed by atoms with van der Waals surface area (Å²) in [6.07, 6.45) is 7.05. The van der Waals surface area contributed by atoms with Gasteiger partial charge in [-0.15, -0.1) is 0 Å². The van der Waals surface area contributed by atoms with Gasteiger partial charge < -0.3 is 9.47 Å². The highest BCUT2D eigenvalue weighted by Gasteiger charge is 2.22. The largest absolute Gasteiger partial charge is 0.490 e. The molecule has 1 fully saturated rings. The molecule has 7 heteroatoms. The lowest BCUT2D eigenvalue weighted by molar-refractivity contribution is 0.185. The van der Waals surface area contributed by atoms with Gasteiger partial charge in [-0.2, -0.15) is 0 Å². The van der Waals surface area contributed by atoms with E-state index in [0.29, 0.717) is 43.0 Å². The summed E-state index contributed by atoms with van der Waals surface area (Å²) < 4.78 is 40.2. The number of para-hydroxylation sites is 1. The van der Waals surface area contributed by atoms with Crippen LogP contribution in [0.15, 0.2) is 47.4 Å². The molecule has 0 spiro atoms. The predicted octanol–water partition coefficient (Wildman–Crippen LogP) is 4.41. The van der Waals surface area contributed by atoms with Gasteiger partial charge in [0.15, 0.2) is 11.5 Å². The molecule has 2 aromatic rings. The number of nitrogens with one attached hydrogen (secondary N) is 1. The van der Waals surface area contributed by atoms with E-state index in [1.807, 2.05) is 24.3 Å². The molecule has 1 aliphatic carbocycles. The molecule has 1 N–H and O–H groups in total. The van der Waals surface area contributed by atoms with Crippen molar-refractivity contribution < 1.29 is 17.9 Å². The minimum atomic E-state index is -3.75. The molecule has 0 atom stereocenters. The van der Waals surface area contributed by atoms with Crippen LogP contribution < -0.4 is 14.2 Å². The fourth-order valence-corrected chi connectivity index (χ4v) is 5.31. The van der Waals surface area contributed by atoms with Crippen LogP contribution in [0.3, 0.4) is 0 Å². The van der Waals surface area contributed by atoms with E-state index in [1.54, 1.807) is 18.2 Å². The maximum absolute atomic E-state index is 13.1. The molecule has 0 saturated heterocycles. The number of rotatable bonds is 6. The lowest BCUT2D eigenvalue weighted by Crippen LogP contribution is -2.33. The van der Waals surface area contributed by atoms with Gasteiger partial charge in [0.2, 0.25) is 0 Å². The molecular formula is C23H30N2O4S. The zero-order chi connectivity index (χ0) is 21.0. The van der Waals surface area contributed by atoms with Crippen LogP contribution in [-0.2, 0) is 16.6 Å². The second-order valence-electron chi connectivity index (χ2n) is 8.13. The first-order valence-electron chi connectivity index (χ1n) is 10.7. The number of ether oxygens (including phenoxy) is 2. The van der Waals surface area contributed by atoms with Gasteiger partial charge in [-0.25, -0.2) is 8.42 Å². The van der Waals surface area contributed by atoms with E-state index in [9.17, 15) is 8.42 Å². The average molecular weight is 431 g/mol. The van der Waals surface area contributed by atoms with E-state index in [1.165, 1.54) is 32.1 Å². The number of anilines is 1. The molecule has 2 aliphatic rings. The smallest absolute Gasteiger partial charge is 0.262 e. The van der Waals surface area contributed by atoms with Crippen molar-refractivity contribution in [3.8, 4) is 11.5 Å². The Morgan fingerprint density at radius 3 is 2.50 bits per heavy atom. The molecular weight excluding hydrogens is 400 g/mol. The summed E-state index contributed by atoms with van der Waals surface area (Å²) in [5.41, 5.74) is 1.59. The summed E-state index contributed by atoms with van der Waals surface area (Å²) in [4.78, 5) is 2.52. The zero-order valence-corrected chi connectivity index (χ0v) is 18.3. The monoisotopic (exact) mass is 430 g/mol. The minimum Gasteiger partial charge on any atom is -0.490 e. The number of sulfonamides is 1. The molecule has 30 heavy (non-hydrogen) atoms. The molecule has 0 aromatic heterocycles. The van der Waals surface area contributed by atoms with E-state index in [-0.39, 0.29) is 4.90 Å². The lowest BCUT2D eigenvalue weighted by atomic mass is 9.94. The van der Waals surface area contributed by atoms with Crippen molar-refractivity contribution in [1.29, 1.82) is 0 Å². The maximum atomic E-state index is 13.1. The van der Waals surface area contributed by atoms with Crippen LogP contribution in [0.4, 0.5) is 5.69 Å². The van der Waals surface area contributed by atoms with E-state index in [4.69, 9.17) is 9.47 Å². The summed E-state index contributed by atoms with van der Waals surface area (Å²) in [5, 5.41) is 0.